The molecule has 0 aromatic heterocycles. The van der Waals surface area contributed by atoms with Crippen LogP contribution in [0.1, 0.15) is 33.1 Å². The number of piperidine rings is 1. The zero-order valence-electron chi connectivity index (χ0n) is 12.5. The number of nitrogens with one attached hydrogen (secondary N) is 1. The highest BCUT2D eigenvalue weighted by molar-refractivity contribution is 4.81. The first-order chi connectivity index (χ1) is 8.63. The van der Waals surface area contributed by atoms with Crippen molar-refractivity contribution in [3.8, 4) is 0 Å². The molecule has 18 heavy (non-hydrogen) atoms. The van der Waals surface area contributed by atoms with Gasteiger partial charge < -0.3 is 15.1 Å². The maximum absolute atomic E-state index is 3.58. The largest absolute Gasteiger partial charge is 0.314 e. The second-order valence-electron chi connectivity index (χ2n) is 6.72. The van der Waals surface area contributed by atoms with Gasteiger partial charge in [0.25, 0.3) is 0 Å². The number of rotatable bonds is 5. The van der Waals surface area contributed by atoms with E-state index in [1.807, 2.05) is 0 Å². The first-order valence-corrected chi connectivity index (χ1v) is 7.77. The second-order valence-corrected chi connectivity index (χ2v) is 6.72. The van der Waals surface area contributed by atoms with E-state index in [1.54, 1.807) is 0 Å². The van der Waals surface area contributed by atoms with Crippen LogP contribution in [0.3, 0.4) is 0 Å². The van der Waals surface area contributed by atoms with Crippen LogP contribution in [0.15, 0.2) is 0 Å². The molecular weight excluding hydrogens is 222 g/mol. The maximum Gasteiger partial charge on any atom is 0.00224 e. The molecule has 0 saturated carbocycles. The van der Waals surface area contributed by atoms with E-state index in [4.69, 9.17) is 0 Å². The Morgan fingerprint density at radius 1 is 1.06 bits per heavy atom. The summed E-state index contributed by atoms with van der Waals surface area (Å²) in [6.45, 7) is 12.3. The fourth-order valence-corrected chi connectivity index (χ4v) is 3.26. The molecule has 2 heterocycles. The Morgan fingerprint density at radius 3 is 2.39 bits per heavy atom. The average Bonchev–Trinajstić information content (AvgIpc) is 2.77. The summed E-state index contributed by atoms with van der Waals surface area (Å²) in [5, 5.41) is 3.58. The minimum Gasteiger partial charge on any atom is -0.314 e. The molecule has 0 radical (unpaired) electrons. The predicted octanol–water partition coefficient (Wildman–Crippen LogP) is 1.65. The van der Waals surface area contributed by atoms with Crippen LogP contribution in [0, 0.1) is 11.8 Å². The summed E-state index contributed by atoms with van der Waals surface area (Å²) in [5.41, 5.74) is 0. The molecule has 0 aliphatic carbocycles. The maximum atomic E-state index is 3.58. The molecule has 0 amide bonds. The molecule has 2 saturated heterocycles. The summed E-state index contributed by atoms with van der Waals surface area (Å²) in [4.78, 5) is 5.18. The van der Waals surface area contributed by atoms with Crippen molar-refractivity contribution in [3.63, 3.8) is 0 Å². The zero-order chi connectivity index (χ0) is 13.0. The van der Waals surface area contributed by atoms with Gasteiger partial charge in [0.05, 0.1) is 0 Å². The zero-order valence-corrected chi connectivity index (χ0v) is 12.5. The lowest BCUT2D eigenvalue weighted by molar-refractivity contribution is 0.173. The van der Waals surface area contributed by atoms with Gasteiger partial charge >= 0.3 is 0 Å². The van der Waals surface area contributed by atoms with Gasteiger partial charge in [0.2, 0.25) is 0 Å². The number of likely N-dealkylation sites (tertiary alicyclic amines) is 2. The highest BCUT2D eigenvalue weighted by atomic mass is 15.2. The van der Waals surface area contributed by atoms with Crippen molar-refractivity contribution in [1.82, 2.24) is 15.1 Å². The van der Waals surface area contributed by atoms with Crippen LogP contribution < -0.4 is 5.32 Å². The molecule has 0 aromatic carbocycles. The molecule has 3 nitrogen and oxygen atoms in total. The van der Waals surface area contributed by atoms with E-state index in [2.05, 4.69) is 36.0 Å². The fourth-order valence-electron chi connectivity index (χ4n) is 3.26. The van der Waals surface area contributed by atoms with Crippen LogP contribution >= 0.6 is 0 Å². The van der Waals surface area contributed by atoms with E-state index in [0.29, 0.717) is 6.04 Å². The van der Waals surface area contributed by atoms with Crippen molar-refractivity contribution in [3.05, 3.63) is 0 Å². The molecule has 106 valence electrons. The quantitative estimate of drug-likeness (QED) is 0.804. The van der Waals surface area contributed by atoms with Gasteiger partial charge in [0.1, 0.15) is 0 Å². The molecule has 2 aliphatic heterocycles. The normalized spacial score (nSPS) is 28.3. The van der Waals surface area contributed by atoms with Crippen molar-refractivity contribution < 1.29 is 0 Å². The summed E-state index contributed by atoms with van der Waals surface area (Å²) in [6, 6.07) is 0.632. The number of hydrogen-bond donors (Lipinski definition) is 1. The van der Waals surface area contributed by atoms with E-state index in [0.717, 1.165) is 11.8 Å². The second kappa shape index (κ2) is 6.88. The molecule has 1 N–H and O–H groups in total. The smallest absolute Gasteiger partial charge is 0.00224 e. The lowest BCUT2D eigenvalue weighted by Crippen LogP contribution is -2.37. The Kier molecular flexibility index (Phi) is 5.46. The van der Waals surface area contributed by atoms with Gasteiger partial charge in [-0.25, -0.2) is 0 Å². The lowest BCUT2D eigenvalue weighted by atomic mass is 9.97. The first-order valence-electron chi connectivity index (χ1n) is 7.77. The van der Waals surface area contributed by atoms with E-state index in [1.165, 1.54) is 58.5 Å². The number of nitrogens with zero attached hydrogens (tertiary/aromatic N) is 2. The van der Waals surface area contributed by atoms with Gasteiger partial charge in [0.15, 0.2) is 0 Å². The highest BCUT2D eigenvalue weighted by Gasteiger charge is 2.25. The van der Waals surface area contributed by atoms with Gasteiger partial charge in [0, 0.05) is 19.1 Å². The molecule has 2 fully saturated rings. The molecule has 0 aromatic rings. The Bertz CT molecular complexity index is 234. The monoisotopic (exact) mass is 253 g/mol. The molecule has 2 aliphatic rings. The van der Waals surface area contributed by atoms with E-state index in [-0.39, 0.29) is 0 Å². The first kappa shape index (κ1) is 14.3. The summed E-state index contributed by atoms with van der Waals surface area (Å²) in [7, 11) is 2.25. The van der Waals surface area contributed by atoms with Crippen molar-refractivity contribution in [2.45, 2.75) is 39.2 Å². The molecule has 3 heteroatoms. The third kappa shape index (κ3) is 4.52. The van der Waals surface area contributed by atoms with E-state index >= 15 is 0 Å². The Labute approximate surface area is 113 Å². The third-order valence-electron chi connectivity index (χ3n) is 4.54. The van der Waals surface area contributed by atoms with E-state index < -0.39 is 0 Å². The van der Waals surface area contributed by atoms with E-state index in [9.17, 15) is 0 Å². The summed E-state index contributed by atoms with van der Waals surface area (Å²) in [5.74, 6) is 1.84. The molecule has 0 spiro atoms. The van der Waals surface area contributed by atoms with Gasteiger partial charge in [-0.05, 0) is 64.3 Å². The van der Waals surface area contributed by atoms with Gasteiger partial charge in [-0.2, -0.15) is 0 Å². The van der Waals surface area contributed by atoms with Crippen molar-refractivity contribution in [2.75, 3.05) is 46.3 Å². The Balaban J connectivity index is 1.63. The molecule has 1 unspecified atom stereocenters. The van der Waals surface area contributed by atoms with Crippen LogP contribution in [0.25, 0.3) is 0 Å². The predicted molar refractivity (Wildman–Crippen MR) is 77.9 cm³/mol. The standard InChI is InChI=1S/C15H31N3/c1-13(2)16-10-15-6-9-18(12-15)11-14-4-7-17(3)8-5-14/h13-16H,4-12H2,1-3H3. The fraction of sp³-hybridized carbons (Fsp3) is 1.00. The molecule has 2 rings (SSSR count). The molecule has 1 atom stereocenters. The molecule has 0 bridgehead atoms. The van der Waals surface area contributed by atoms with Crippen LogP contribution in [-0.4, -0.2) is 62.2 Å². The SMILES string of the molecule is CC(C)NCC1CCN(CC2CCN(C)CC2)C1. The minimum atomic E-state index is 0.632. The van der Waals surface area contributed by atoms with Crippen LogP contribution in [-0.2, 0) is 0 Å². The molecular formula is C15H31N3. The average molecular weight is 253 g/mol. The highest BCUT2D eigenvalue weighted by Crippen LogP contribution is 2.22. The van der Waals surface area contributed by atoms with Crippen LogP contribution in [0.5, 0.6) is 0 Å². The lowest BCUT2D eigenvalue weighted by Gasteiger charge is -2.31. The summed E-state index contributed by atoms with van der Waals surface area (Å²) in [6.07, 6.45) is 4.20. The minimum absolute atomic E-state index is 0.632. The van der Waals surface area contributed by atoms with Crippen molar-refractivity contribution in [1.29, 1.82) is 0 Å². The summed E-state index contributed by atoms with van der Waals surface area (Å²) >= 11 is 0. The third-order valence-corrected chi connectivity index (χ3v) is 4.54. The Morgan fingerprint density at radius 2 is 1.72 bits per heavy atom. The van der Waals surface area contributed by atoms with Crippen molar-refractivity contribution in [2.24, 2.45) is 11.8 Å². The Hall–Kier alpha value is -0.120. The number of hydrogen-bond acceptors (Lipinski definition) is 3. The van der Waals surface area contributed by atoms with Crippen LogP contribution in [0.2, 0.25) is 0 Å². The van der Waals surface area contributed by atoms with Gasteiger partial charge in [-0.3, -0.25) is 0 Å². The summed E-state index contributed by atoms with van der Waals surface area (Å²) < 4.78 is 0. The topological polar surface area (TPSA) is 18.5 Å². The van der Waals surface area contributed by atoms with Crippen molar-refractivity contribution >= 4 is 0 Å². The van der Waals surface area contributed by atoms with Gasteiger partial charge in [-0.15, -0.1) is 0 Å². The van der Waals surface area contributed by atoms with Crippen LogP contribution in [0.4, 0.5) is 0 Å². The van der Waals surface area contributed by atoms with Gasteiger partial charge in [-0.1, -0.05) is 13.8 Å².